The second kappa shape index (κ2) is 9.85. The van der Waals surface area contributed by atoms with E-state index in [1.165, 1.54) is 42.5 Å². The Morgan fingerprint density at radius 3 is 2.42 bits per heavy atom. The summed E-state index contributed by atoms with van der Waals surface area (Å²) in [4.78, 5) is 24.0. The number of nitrogens with one attached hydrogen (secondary N) is 1. The van der Waals surface area contributed by atoms with Crippen molar-refractivity contribution in [2.45, 2.75) is 6.61 Å². The van der Waals surface area contributed by atoms with Gasteiger partial charge in [0.2, 0.25) is 0 Å². The maximum Gasteiger partial charge on any atom is 0.339 e. The minimum absolute atomic E-state index is 0.0964. The minimum atomic E-state index is -1.20. The monoisotopic (exact) mass is 416 g/mol. The Hall–Kier alpha value is -4.44. The fourth-order valence-corrected chi connectivity index (χ4v) is 2.71. The van der Waals surface area contributed by atoms with E-state index in [1.54, 1.807) is 12.1 Å². The molecule has 0 aliphatic carbocycles. The number of carboxylic acid groups (broad SMARTS) is 1. The molecular formula is C24H17FN2O4. The lowest BCUT2D eigenvalue weighted by Crippen LogP contribution is -2.13. The van der Waals surface area contributed by atoms with Gasteiger partial charge in [0.25, 0.3) is 5.91 Å². The second-order valence-electron chi connectivity index (χ2n) is 6.47. The normalized spacial score (nSPS) is 10.8. The number of nitrogens with zero attached hydrogens (tertiary/aromatic N) is 1. The molecule has 154 valence electrons. The summed E-state index contributed by atoms with van der Waals surface area (Å²) < 4.78 is 18.6. The van der Waals surface area contributed by atoms with Crippen LogP contribution in [0.25, 0.3) is 6.08 Å². The van der Waals surface area contributed by atoms with Crippen LogP contribution in [0.3, 0.4) is 0 Å². The van der Waals surface area contributed by atoms with Crippen LogP contribution in [-0.2, 0) is 11.4 Å². The molecule has 0 bridgehead atoms. The Morgan fingerprint density at radius 2 is 1.77 bits per heavy atom. The number of carboxylic acids is 1. The lowest BCUT2D eigenvalue weighted by molar-refractivity contribution is -0.112. The fraction of sp³-hybridized carbons (Fsp3) is 0.0417. The first-order chi connectivity index (χ1) is 15.0. The van der Waals surface area contributed by atoms with Gasteiger partial charge in [-0.2, -0.15) is 5.26 Å². The van der Waals surface area contributed by atoms with Gasteiger partial charge in [0.15, 0.2) is 0 Å². The molecule has 0 aliphatic heterocycles. The first-order valence-electron chi connectivity index (χ1n) is 9.19. The average molecular weight is 416 g/mol. The molecule has 0 aliphatic rings. The molecule has 0 spiro atoms. The number of ether oxygens (including phenoxy) is 1. The van der Waals surface area contributed by atoms with Gasteiger partial charge in [0, 0.05) is 5.69 Å². The lowest BCUT2D eigenvalue weighted by Gasteiger charge is -2.10. The summed E-state index contributed by atoms with van der Waals surface area (Å²) in [7, 11) is 0. The highest BCUT2D eigenvalue weighted by Gasteiger charge is 2.14. The number of carbonyl (C=O) groups is 2. The highest BCUT2D eigenvalue weighted by atomic mass is 19.1. The van der Waals surface area contributed by atoms with Crippen molar-refractivity contribution >= 4 is 23.6 Å². The van der Waals surface area contributed by atoms with E-state index in [0.717, 1.165) is 5.56 Å². The smallest absolute Gasteiger partial charge is 0.339 e. The summed E-state index contributed by atoms with van der Waals surface area (Å²) in [5.41, 5.74) is 1.21. The lowest BCUT2D eigenvalue weighted by atomic mass is 10.1. The maximum atomic E-state index is 13.0. The number of anilines is 1. The molecule has 0 heterocycles. The summed E-state index contributed by atoms with van der Waals surface area (Å²) in [5, 5.41) is 21.4. The van der Waals surface area contributed by atoms with Crippen molar-refractivity contribution < 1.29 is 23.8 Å². The summed E-state index contributed by atoms with van der Waals surface area (Å²) in [6, 6.07) is 20.5. The molecule has 3 aromatic carbocycles. The van der Waals surface area contributed by atoms with Crippen LogP contribution in [0, 0.1) is 17.1 Å². The predicted octanol–water partition coefficient (Wildman–Crippen LogP) is 4.65. The van der Waals surface area contributed by atoms with E-state index in [1.807, 2.05) is 30.3 Å². The molecule has 0 radical (unpaired) electrons. The zero-order chi connectivity index (χ0) is 22.2. The number of hydrogen-bond acceptors (Lipinski definition) is 4. The molecule has 0 aromatic heterocycles. The van der Waals surface area contributed by atoms with Gasteiger partial charge in [-0.05, 0) is 53.6 Å². The number of rotatable bonds is 7. The number of halogens is 1. The first kappa shape index (κ1) is 21.3. The average Bonchev–Trinajstić information content (AvgIpc) is 2.78. The van der Waals surface area contributed by atoms with Crippen LogP contribution in [0.5, 0.6) is 5.75 Å². The van der Waals surface area contributed by atoms with Crippen molar-refractivity contribution in [2.24, 2.45) is 0 Å². The van der Waals surface area contributed by atoms with Crippen molar-refractivity contribution in [2.75, 3.05) is 5.32 Å². The SMILES string of the molecule is N#C/C(=C/c1ccc(OCc2ccccc2)c(C(=O)O)c1)C(=O)Nc1ccc(F)cc1. The molecule has 0 saturated carbocycles. The van der Waals surface area contributed by atoms with Crippen LogP contribution in [-0.4, -0.2) is 17.0 Å². The zero-order valence-electron chi connectivity index (χ0n) is 16.2. The topological polar surface area (TPSA) is 99.4 Å². The van der Waals surface area contributed by atoms with Crippen molar-refractivity contribution in [3.05, 3.63) is 101 Å². The van der Waals surface area contributed by atoms with Crippen LogP contribution < -0.4 is 10.1 Å². The number of aromatic carboxylic acids is 1. The molecule has 0 saturated heterocycles. The van der Waals surface area contributed by atoms with Crippen molar-refractivity contribution in [3.8, 4) is 11.8 Å². The van der Waals surface area contributed by atoms with Gasteiger partial charge in [-0.15, -0.1) is 0 Å². The molecule has 1 amide bonds. The molecule has 31 heavy (non-hydrogen) atoms. The van der Waals surface area contributed by atoms with Crippen LogP contribution in [0.2, 0.25) is 0 Å². The molecule has 0 fully saturated rings. The Bertz CT molecular complexity index is 1170. The molecule has 7 heteroatoms. The van der Waals surface area contributed by atoms with E-state index in [-0.39, 0.29) is 23.5 Å². The third-order valence-electron chi connectivity index (χ3n) is 4.25. The molecule has 3 aromatic rings. The quantitative estimate of drug-likeness (QED) is 0.431. The molecule has 3 rings (SSSR count). The highest BCUT2D eigenvalue weighted by molar-refractivity contribution is 6.09. The third-order valence-corrected chi connectivity index (χ3v) is 4.25. The number of benzene rings is 3. The number of hydrogen-bond donors (Lipinski definition) is 2. The first-order valence-corrected chi connectivity index (χ1v) is 9.19. The molecule has 0 unspecified atom stereocenters. The van der Waals surface area contributed by atoms with E-state index in [2.05, 4.69) is 5.32 Å². The summed E-state index contributed by atoms with van der Waals surface area (Å²) >= 11 is 0. The standard InChI is InChI=1S/C24H17FN2O4/c25-19-7-9-20(10-8-19)27-23(28)18(14-26)12-17-6-11-22(21(13-17)24(29)30)31-15-16-4-2-1-3-5-16/h1-13H,15H2,(H,27,28)(H,29,30)/b18-12-. The van der Waals surface area contributed by atoms with Gasteiger partial charge in [-0.3, -0.25) is 4.79 Å². The largest absolute Gasteiger partial charge is 0.488 e. The maximum absolute atomic E-state index is 13.0. The Morgan fingerprint density at radius 1 is 1.06 bits per heavy atom. The van der Waals surface area contributed by atoms with Gasteiger partial charge in [-0.1, -0.05) is 36.4 Å². The Kier molecular flexibility index (Phi) is 6.76. The highest BCUT2D eigenvalue weighted by Crippen LogP contribution is 2.23. The van der Waals surface area contributed by atoms with E-state index in [4.69, 9.17) is 4.74 Å². The number of carbonyl (C=O) groups excluding carboxylic acids is 1. The molecule has 0 atom stereocenters. The summed E-state index contributed by atoms with van der Waals surface area (Å²) in [5.74, 6) is -2.18. The Labute approximate surface area is 177 Å². The molecule has 2 N–H and O–H groups in total. The van der Waals surface area contributed by atoms with Gasteiger partial charge in [0.05, 0.1) is 0 Å². The third kappa shape index (κ3) is 5.78. The summed E-state index contributed by atoms with van der Waals surface area (Å²) in [6.45, 7) is 0.194. The van der Waals surface area contributed by atoms with E-state index in [9.17, 15) is 24.3 Å². The van der Waals surface area contributed by atoms with E-state index < -0.39 is 17.7 Å². The van der Waals surface area contributed by atoms with Crippen molar-refractivity contribution in [1.29, 1.82) is 5.26 Å². The van der Waals surface area contributed by atoms with E-state index in [0.29, 0.717) is 11.3 Å². The van der Waals surface area contributed by atoms with Crippen LogP contribution in [0.15, 0.2) is 78.4 Å². The van der Waals surface area contributed by atoms with Crippen molar-refractivity contribution in [3.63, 3.8) is 0 Å². The number of amides is 1. The van der Waals surface area contributed by atoms with Crippen LogP contribution >= 0.6 is 0 Å². The predicted molar refractivity (Wildman–Crippen MR) is 113 cm³/mol. The Balaban J connectivity index is 1.80. The van der Waals surface area contributed by atoms with Crippen molar-refractivity contribution in [1.82, 2.24) is 0 Å². The summed E-state index contributed by atoms with van der Waals surface area (Å²) in [6.07, 6.45) is 1.27. The van der Waals surface area contributed by atoms with Crippen LogP contribution in [0.4, 0.5) is 10.1 Å². The van der Waals surface area contributed by atoms with Gasteiger partial charge < -0.3 is 15.2 Å². The van der Waals surface area contributed by atoms with E-state index >= 15 is 0 Å². The minimum Gasteiger partial charge on any atom is -0.488 e. The van der Waals surface area contributed by atoms with Crippen LogP contribution in [0.1, 0.15) is 21.5 Å². The van der Waals surface area contributed by atoms with Gasteiger partial charge in [0.1, 0.15) is 35.4 Å². The second-order valence-corrected chi connectivity index (χ2v) is 6.47. The number of nitriles is 1. The van der Waals surface area contributed by atoms with Gasteiger partial charge in [-0.25, -0.2) is 9.18 Å². The molecule has 6 nitrogen and oxygen atoms in total. The fourth-order valence-electron chi connectivity index (χ4n) is 2.71. The zero-order valence-corrected chi connectivity index (χ0v) is 16.2. The van der Waals surface area contributed by atoms with Gasteiger partial charge >= 0.3 is 5.97 Å². The molecular weight excluding hydrogens is 399 g/mol.